The Balaban J connectivity index is 2.61. The van der Waals surface area contributed by atoms with Crippen LogP contribution in [0.15, 0.2) is 0 Å². The van der Waals surface area contributed by atoms with E-state index in [1.807, 2.05) is 13.8 Å². The van der Waals surface area contributed by atoms with Crippen molar-refractivity contribution in [2.45, 2.75) is 52.5 Å². The van der Waals surface area contributed by atoms with E-state index in [1.54, 1.807) is 0 Å². The fourth-order valence-electron chi connectivity index (χ4n) is 1.75. The second-order valence-corrected chi connectivity index (χ2v) is 5.57. The minimum atomic E-state index is -0.411. The third-order valence-electron chi connectivity index (χ3n) is 3.81. The van der Waals surface area contributed by atoms with Gasteiger partial charge >= 0.3 is 0 Å². The Morgan fingerprint density at radius 3 is 2.27 bits per heavy atom. The number of carbonyl (C=O) groups excluding carboxylic acids is 1. The molecule has 0 bridgehead atoms. The van der Waals surface area contributed by atoms with E-state index in [2.05, 4.69) is 19.2 Å². The molecule has 0 aromatic carbocycles. The van der Waals surface area contributed by atoms with Crippen LogP contribution in [0, 0.1) is 11.3 Å². The first-order chi connectivity index (χ1) is 6.85. The van der Waals surface area contributed by atoms with Crippen molar-refractivity contribution in [1.82, 2.24) is 5.32 Å². The van der Waals surface area contributed by atoms with Crippen LogP contribution in [0.5, 0.6) is 0 Å². The van der Waals surface area contributed by atoms with E-state index in [0.717, 1.165) is 6.42 Å². The molecule has 88 valence electrons. The van der Waals surface area contributed by atoms with Gasteiger partial charge in [0, 0.05) is 12.1 Å². The number of hydrogen-bond donors (Lipinski definition) is 2. The van der Waals surface area contributed by atoms with Crippen LogP contribution < -0.4 is 11.1 Å². The number of rotatable bonds is 5. The van der Waals surface area contributed by atoms with Crippen LogP contribution in [0.4, 0.5) is 0 Å². The van der Waals surface area contributed by atoms with E-state index in [0.29, 0.717) is 12.5 Å². The zero-order valence-corrected chi connectivity index (χ0v) is 10.4. The van der Waals surface area contributed by atoms with E-state index in [1.165, 1.54) is 12.8 Å². The Labute approximate surface area is 92.8 Å². The number of nitrogens with one attached hydrogen (secondary N) is 1. The molecule has 1 aliphatic carbocycles. The van der Waals surface area contributed by atoms with Crippen molar-refractivity contribution >= 4 is 5.91 Å². The predicted octanol–water partition coefficient (Wildman–Crippen LogP) is 1.67. The van der Waals surface area contributed by atoms with E-state index in [-0.39, 0.29) is 11.4 Å². The summed E-state index contributed by atoms with van der Waals surface area (Å²) in [4.78, 5) is 12.1. The van der Waals surface area contributed by atoms with Gasteiger partial charge in [-0.3, -0.25) is 4.79 Å². The van der Waals surface area contributed by atoms with Crippen molar-refractivity contribution in [3.63, 3.8) is 0 Å². The molecule has 15 heavy (non-hydrogen) atoms. The lowest BCUT2D eigenvalue weighted by Gasteiger charge is -2.33. The maximum Gasteiger partial charge on any atom is 0.227 e. The highest BCUT2D eigenvalue weighted by atomic mass is 16.2. The first-order valence-electron chi connectivity index (χ1n) is 5.88. The minimum Gasteiger partial charge on any atom is -0.350 e. The van der Waals surface area contributed by atoms with Crippen molar-refractivity contribution in [2.24, 2.45) is 17.1 Å². The van der Waals surface area contributed by atoms with E-state index in [9.17, 15) is 4.79 Å². The van der Waals surface area contributed by atoms with Crippen molar-refractivity contribution < 1.29 is 4.79 Å². The van der Waals surface area contributed by atoms with Gasteiger partial charge in [-0.25, -0.2) is 0 Å². The first kappa shape index (κ1) is 12.5. The summed E-state index contributed by atoms with van der Waals surface area (Å²) in [6.07, 6.45) is 3.26. The summed E-state index contributed by atoms with van der Waals surface area (Å²) in [6.45, 7) is 8.57. The molecule has 1 saturated carbocycles. The molecule has 1 unspecified atom stereocenters. The third-order valence-corrected chi connectivity index (χ3v) is 3.81. The smallest absolute Gasteiger partial charge is 0.227 e. The zero-order valence-electron chi connectivity index (χ0n) is 10.4. The number of carbonyl (C=O) groups is 1. The molecule has 0 aromatic heterocycles. The lowest BCUT2D eigenvalue weighted by molar-refractivity contribution is -0.131. The fourth-order valence-corrected chi connectivity index (χ4v) is 1.75. The van der Waals surface area contributed by atoms with Gasteiger partial charge in [-0.1, -0.05) is 6.92 Å². The lowest BCUT2D eigenvalue weighted by atomic mass is 9.85. The maximum absolute atomic E-state index is 12.1. The molecule has 1 aliphatic rings. The summed E-state index contributed by atoms with van der Waals surface area (Å²) in [5.74, 6) is 0.754. The van der Waals surface area contributed by atoms with E-state index in [4.69, 9.17) is 5.73 Å². The van der Waals surface area contributed by atoms with Crippen molar-refractivity contribution in [1.29, 1.82) is 0 Å². The molecule has 0 aromatic rings. The van der Waals surface area contributed by atoms with Crippen LogP contribution in [0.2, 0.25) is 0 Å². The molecule has 0 heterocycles. The summed E-state index contributed by atoms with van der Waals surface area (Å²) in [7, 11) is 0. The highest BCUT2D eigenvalue weighted by Gasteiger charge is 2.41. The maximum atomic E-state index is 12.1. The summed E-state index contributed by atoms with van der Waals surface area (Å²) in [6, 6.07) is 0. The minimum absolute atomic E-state index is 0.0668. The zero-order chi connectivity index (χ0) is 11.7. The van der Waals surface area contributed by atoms with Crippen LogP contribution >= 0.6 is 0 Å². The van der Waals surface area contributed by atoms with Crippen molar-refractivity contribution in [2.75, 3.05) is 6.54 Å². The van der Waals surface area contributed by atoms with Crippen LogP contribution in [-0.4, -0.2) is 18.0 Å². The van der Waals surface area contributed by atoms with Gasteiger partial charge in [0.1, 0.15) is 0 Å². The van der Waals surface area contributed by atoms with Crippen LogP contribution in [-0.2, 0) is 4.79 Å². The highest BCUT2D eigenvalue weighted by Crippen LogP contribution is 2.39. The Morgan fingerprint density at radius 2 is 1.93 bits per heavy atom. The van der Waals surface area contributed by atoms with Gasteiger partial charge in [-0.05, 0) is 46.0 Å². The number of hydrogen-bond acceptors (Lipinski definition) is 2. The standard InChI is InChI=1S/C12H24N2O/c1-5-12(4,8-13)10(15)14-11(2,3)9-6-7-9/h9H,5-8,13H2,1-4H3,(H,14,15). The predicted molar refractivity (Wildman–Crippen MR) is 62.4 cm³/mol. The molecular weight excluding hydrogens is 188 g/mol. The Kier molecular flexibility index (Phi) is 3.44. The largest absolute Gasteiger partial charge is 0.350 e. The number of amides is 1. The van der Waals surface area contributed by atoms with E-state index >= 15 is 0 Å². The summed E-state index contributed by atoms with van der Waals surface area (Å²) < 4.78 is 0. The fraction of sp³-hybridized carbons (Fsp3) is 0.917. The summed E-state index contributed by atoms with van der Waals surface area (Å²) >= 11 is 0. The molecule has 1 fully saturated rings. The molecule has 1 amide bonds. The van der Waals surface area contributed by atoms with Gasteiger partial charge in [0.15, 0.2) is 0 Å². The summed E-state index contributed by atoms with van der Waals surface area (Å²) in [5, 5.41) is 3.14. The second kappa shape index (κ2) is 4.12. The Morgan fingerprint density at radius 1 is 1.40 bits per heavy atom. The highest BCUT2D eigenvalue weighted by molar-refractivity contribution is 5.83. The average Bonchev–Trinajstić information content (AvgIpc) is 2.99. The molecule has 1 atom stereocenters. The lowest BCUT2D eigenvalue weighted by Crippen LogP contribution is -2.52. The number of nitrogens with two attached hydrogens (primary N) is 1. The van der Waals surface area contributed by atoms with Gasteiger partial charge in [0.05, 0.1) is 5.41 Å². The van der Waals surface area contributed by atoms with E-state index < -0.39 is 5.41 Å². The first-order valence-corrected chi connectivity index (χ1v) is 5.88. The van der Waals surface area contributed by atoms with Crippen molar-refractivity contribution in [3.8, 4) is 0 Å². The monoisotopic (exact) mass is 212 g/mol. The second-order valence-electron chi connectivity index (χ2n) is 5.57. The molecule has 0 aliphatic heterocycles. The molecule has 0 saturated heterocycles. The molecule has 3 heteroatoms. The van der Waals surface area contributed by atoms with Gasteiger partial charge in [-0.15, -0.1) is 0 Å². The van der Waals surface area contributed by atoms with Gasteiger partial charge < -0.3 is 11.1 Å². The van der Waals surface area contributed by atoms with Gasteiger partial charge in [-0.2, -0.15) is 0 Å². The molecule has 1 rings (SSSR count). The van der Waals surface area contributed by atoms with Gasteiger partial charge in [0.2, 0.25) is 5.91 Å². The molecule has 0 spiro atoms. The quantitative estimate of drug-likeness (QED) is 0.728. The topological polar surface area (TPSA) is 55.1 Å². The Hall–Kier alpha value is -0.570. The summed E-state index contributed by atoms with van der Waals surface area (Å²) in [5.41, 5.74) is 5.19. The van der Waals surface area contributed by atoms with Crippen LogP contribution in [0.25, 0.3) is 0 Å². The van der Waals surface area contributed by atoms with Crippen LogP contribution in [0.1, 0.15) is 47.0 Å². The normalized spacial score (nSPS) is 20.9. The molecular formula is C12H24N2O. The third kappa shape index (κ3) is 2.71. The van der Waals surface area contributed by atoms with Gasteiger partial charge in [0.25, 0.3) is 0 Å². The SMILES string of the molecule is CCC(C)(CN)C(=O)NC(C)(C)C1CC1. The molecule has 3 N–H and O–H groups in total. The Bertz CT molecular complexity index is 240. The molecule has 3 nitrogen and oxygen atoms in total. The average molecular weight is 212 g/mol. The molecule has 0 radical (unpaired) electrons. The van der Waals surface area contributed by atoms with Crippen LogP contribution in [0.3, 0.4) is 0 Å². The van der Waals surface area contributed by atoms with Crippen molar-refractivity contribution in [3.05, 3.63) is 0 Å².